The zero-order valence-corrected chi connectivity index (χ0v) is 7.78. The lowest BCUT2D eigenvalue weighted by Gasteiger charge is -2.25. The van der Waals surface area contributed by atoms with Crippen LogP contribution in [0.4, 0.5) is 0 Å². The molecule has 0 aliphatic carbocycles. The second-order valence-corrected chi connectivity index (χ2v) is 2.83. The molecule has 0 aromatic heterocycles. The van der Waals surface area contributed by atoms with Crippen molar-refractivity contribution >= 4 is 0 Å². The molecule has 64 valence electrons. The van der Waals surface area contributed by atoms with Crippen LogP contribution in [0.3, 0.4) is 0 Å². The third-order valence-corrected chi connectivity index (χ3v) is 2.01. The fourth-order valence-electron chi connectivity index (χ4n) is 1.33. The Balaban J connectivity index is 4.11. The topological polar surface area (TPSA) is 35.8 Å². The third kappa shape index (κ3) is 2.90. The van der Waals surface area contributed by atoms with E-state index in [1.54, 1.807) is 0 Å². The molecule has 0 heterocycles. The van der Waals surface area contributed by atoms with Crippen molar-refractivity contribution in [1.29, 1.82) is 5.26 Å². The van der Waals surface area contributed by atoms with Crippen LogP contribution in [-0.2, 0) is 0 Å². The van der Waals surface area contributed by atoms with Crippen molar-refractivity contribution in [1.82, 2.24) is 5.32 Å². The molecule has 0 rings (SSSR count). The van der Waals surface area contributed by atoms with Crippen LogP contribution in [0.15, 0.2) is 0 Å². The fourth-order valence-corrected chi connectivity index (χ4v) is 1.33. The van der Waals surface area contributed by atoms with Crippen molar-refractivity contribution in [2.45, 2.75) is 45.6 Å². The molecule has 0 aliphatic rings. The zero-order valence-electron chi connectivity index (χ0n) is 7.78. The first-order valence-electron chi connectivity index (χ1n) is 4.41. The summed E-state index contributed by atoms with van der Waals surface area (Å²) in [5.74, 6) is 0. The Bertz CT molecular complexity index is 129. The maximum atomic E-state index is 8.93. The first-order chi connectivity index (χ1) is 5.24. The van der Waals surface area contributed by atoms with Crippen molar-refractivity contribution in [3.05, 3.63) is 0 Å². The summed E-state index contributed by atoms with van der Waals surface area (Å²) in [7, 11) is 0. The molecule has 0 radical (unpaired) electrons. The third-order valence-electron chi connectivity index (χ3n) is 2.01. The van der Waals surface area contributed by atoms with E-state index < -0.39 is 0 Å². The number of nitriles is 1. The summed E-state index contributed by atoms with van der Waals surface area (Å²) in [4.78, 5) is 0. The maximum absolute atomic E-state index is 8.93. The van der Waals surface area contributed by atoms with Gasteiger partial charge in [0.1, 0.15) is 5.54 Å². The molecular weight excluding hydrogens is 136 g/mol. The molecular formula is C9H18N2. The second kappa shape index (κ2) is 5.15. The number of rotatable bonds is 5. The van der Waals surface area contributed by atoms with Gasteiger partial charge in [-0.15, -0.1) is 0 Å². The van der Waals surface area contributed by atoms with Gasteiger partial charge in [0.05, 0.1) is 6.07 Å². The van der Waals surface area contributed by atoms with Gasteiger partial charge in [-0.25, -0.2) is 0 Å². The Morgan fingerprint density at radius 1 is 1.36 bits per heavy atom. The minimum atomic E-state index is -0.260. The molecule has 0 aromatic carbocycles. The zero-order chi connectivity index (χ0) is 8.74. The van der Waals surface area contributed by atoms with Crippen molar-refractivity contribution in [3.8, 4) is 6.07 Å². The van der Waals surface area contributed by atoms with Gasteiger partial charge >= 0.3 is 0 Å². The summed E-state index contributed by atoms with van der Waals surface area (Å²) in [5, 5.41) is 12.2. The predicted octanol–water partition coefficient (Wildman–Crippen LogP) is 2.07. The number of hydrogen-bond acceptors (Lipinski definition) is 2. The van der Waals surface area contributed by atoms with Crippen LogP contribution in [-0.4, -0.2) is 12.1 Å². The molecule has 0 aliphatic heterocycles. The second-order valence-electron chi connectivity index (χ2n) is 2.83. The molecule has 1 N–H and O–H groups in total. The van der Waals surface area contributed by atoms with Crippen molar-refractivity contribution in [3.63, 3.8) is 0 Å². The highest BCUT2D eigenvalue weighted by Crippen LogP contribution is 2.15. The van der Waals surface area contributed by atoms with Gasteiger partial charge in [-0.3, -0.25) is 5.32 Å². The van der Waals surface area contributed by atoms with E-state index in [1.165, 1.54) is 0 Å². The highest BCUT2D eigenvalue weighted by Gasteiger charge is 2.24. The van der Waals surface area contributed by atoms with Gasteiger partial charge in [0.25, 0.3) is 0 Å². The molecule has 1 atom stereocenters. The van der Waals surface area contributed by atoms with Gasteiger partial charge < -0.3 is 0 Å². The molecule has 0 saturated heterocycles. The molecule has 0 spiro atoms. The molecule has 0 fully saturated rings. The fraction of sp³-hybridized carbons (Fsp3) is 0.889. The van der Waals surface area contributed by atoms with E-state index in [0.717, 1.165) is 25.8 Å². The quantitative estimate of drug-likeness (QED) is 0.658. The van der Waals surface area contributed by atoms with Crippen LogP contribution in [0, 0.1) is 11.3 Å². The molecule has 2 nitrogen and oxygen atoms in total. The van der Waals surface area contributed by atoms with Crippen molar-refractivity contribution in [2.24, 2.45) is 0 Å². The van der Waals surface area contributed by atoms with Crippen LogP contribution in [0.2, 0.25) is 0 Å². The Morgan fingerprint density at radius 3 is 2.27 bits per heavy atom. The van der Waals surface area contributed by atoms with Crippen molar-refractivity contribution < 1.29 is 0 Å². The number of nitrogens with zero attached hydrogens (tertiary/aromatic N) is 1. The largest absolute Gasteiger partial charge is 0.300 e. The van der Waals surface area contributed by atoms with Gasteiger partial charge in [-0.1, -0.05) is 27.2 Å². The van der Waals surface area contributed by atoms with Crippen LogP contribution < -0.4 is 5.32 Å². The van der Waals surface area contributed by atoms with E-state index in [4.69, 9.17) is 5.26 Å². The normalized spacial score (nSPS) is 15.5. The van der Waals surface area contributed by atoms with E-state index in [1.807, 2.05) is 6.92 Å². The highest BCUT2D eigenvalue weighted by molar-refractivity contribution is 5.05. The summed E-state index contributed by atoms with van der Waals surface area (Å²) in [6.45, 7) is 7.08. The van der Waals surface area contributed by atoms with Gasteiger partial charge in [0.2, 0.25) is 0 Å². The van der Waals surface area contributed by atoms with Crippen LogP contribution in [0.5, 0.6) is 0 Å². The molecule has 0 amide bonds. The van der Waals surface area contributed by atoms with E-state index in [2.05, 4.69) is 25.2 Å². The predicted molar refractivity (Wildman–Crippen MR) is 47.2 cm³/mol. The monoisotopic (exact) mass is 154 g/mol. The molecule has 2 heteroatoms. The Labute approximate surface area is 69.6 Å². The Kier molecular flexibility index (Phi) is 4.89. The SMILES string of the molecule is CCCC(C#N)(CC)NCC. The summed E-state index contributed by atoms with van der Waals surface area (Å²) >= 11 is 0. The van der Waals surface area contributed by atoms with Crippen LogP contribution in [0.1, 0.15) is 40.0 Å². The lowest BCUT2D eigenvalue weighted by Crippen LogP contribution is -2.43. The van der Waals surface area contributed by atoms with E-state index in [0.29, 0.717) is 0 Å². The minimum absolute atomic E-state index is 0.260. The van der Waals surface area contributed by atoms with E-state index in [9.17, 15) is 0 Å². The average molecular weight is 154 g/mol. The van der Waals surface area contributed by atoms with Crippen LogP contribution in [0.25, 0.3) is 0 Å². The first-order valence-corrected chi connectivity index (χ1v) is 4.41. The Hall–Kier alpha value is -0.550. The highest BCUT2D eigenvalue weighted by atomic mass is 15.0. The van der Waals surface area contributed by atoms with Gasteiger partial charge in [0, 0.05) is 0 Å². The lowest BCUT2D eigenvalue weighted by atomic mass is 9.92. The van der Waals surface area contributed by atoms with Crippen molar-refractivity contribution in [2.75, 3.05) is 6.54 Å². The summed E-state index contributed by atoms with van der Waals surface area (Å²) in [6.07, 6.45) is 2.91. The summed E-state index contributed by atoms with van der Waals surface area (Å²) in [6, 6.07) is 2.36. The average Bonchev–Trinajstić information content (AvgIpc) is 2.04. The maximum Gasteiger partial charge on any atom is 0.106 e. The summed E-state index contributed by atoms with van der Waals surface area (Å²) in [5.41, 5.74) is -0.260. The standard InChI is InChI=1S/C9H18N2/c1-4-7-9(5-2,8-10)11-6-3/h11H,4-7H2,1-3H3. The minimum Gasteiger partial charge on any atom is -0.300 e. The molecule has 0 aromatic rings. The van der Waals surface area contributed by atoms with Gasteiger partial charge in [-0.05, 0) is 19.4 Å². The number of hydrogen-bond donors (Lipinski definition) is 1. The van der Waals surface area contributed by atoms with E-state index in [-0.39, 0.29) is 5.54 Å². The molecule has 0 bridgehead atoms. The molecule has 0 saturated carbocycles. The summed E-state index contributed by atoms with van der Waals surface area (Å²) < 4.78 is 0. The molecule has 11 heavy (non-hydrogen) atoms. The molecule has 1 unspecified atom stereocenters. The lowest BCUT2D eigenvalue weighted by molar-refractivity contribution is 0.378. The van der Waals surface area contributed by atoms with Gasteiger partial charge in [-0.2, -0.15) is 5.26 Å². The first kappa shape index (κ1) is 10.4. The Morgan fingerprint density at radius 2 is 2.00 bits per heavy atom. The van der Waals surface area contributed by atoms with Gasteiger partial charge in [0.15, 0.2) is 0 Å². The number of nitrogens with one attached hydrogen (secondary N) is 1. The smallest absolute Gasteiger partial charge is 0.106 e. The van der Waals surface area contributed by atoms with E-state index >= 15 is 0 Å². The van der Waals surface area contributed by atoms with Crippen LogP contribution >= 0.6 is 0 Å².